The summed E-state index contributed by atoms with van der Waals surface area (Å²) in [4.78, 5) is 10.1. The van der Waals surface area contributed by atoms with Gasteiger partial charge in [0, 0.05) is 0 Å². The van der Waals surface area contributed by atoms with E-state index in [4.69, 9.17) is 5.21 Å². The molecule has 0 rings (SSSR count). The van der Waals surface area contributed by atoms with E-state index in [9.17, 15) is 4.79 Å². The van der Waals surface area contributed by atoms with Crippen molar-refractivity contribution in [3.63, 3.8) is 0 Å². The van der Waals surface area contributed by atoms with Gasteiger partial charge >= 0.3 is 0 Å². The van der Waals surface area contributed by atoms with Crippen molar-refractivity contribution in [3.05, 3.63) is 0 Å². The van der Waals surface area contributed by atoms with E-state index in [1.54, 1.807) is 0 Å². The van der Waals surface area contributed by atoms with E-state index in [-0.39, 0.29) is 5.81 Å². The first-order valence-corrected chi connectivity index (χ1v) is 2.24. The number of carbonyl (C=O) groups is 1. The van der Waals surface area contributed by atoms with Gasteiger partial charge in [0.2, 0.25) is 7.28 Å². The summed E-state index contributed by atoms with van der Waals surface area (Å²) in [5, 5.41) is 7.87. The zero-order valence-electron chi connectivity index (χ0n) is 4.27. The van der Waals surface area contributed by atoms with Gasteiger partial charge in [-0.15, -0.1) is 0 Å². The predicted molar refractivity (Wildman–Crippen MR) is 27.9 cm³/mol. The molecular formula is C3H8BNO2. The summed E-state index contributed by atoms with van der Waals surface area (Å²) in [6.07, 6.45) is 0.770. The second-order valence-electron chi connectivity index (χ2n) is 1.28. The molecule has 0 aliphatic heterocycles. The van der Waals surface area contributed by atoms with Gasteiger partial charge in [-0.25, -0.2) is 5.48 Å². The van der Waals surface area contributed by atoms with Crippen LogP contribution in [0.3, 0.4) is 0 Å². The molecule has 2 N–H and O–H groups in total. The minimum atomic E-state index is -0.317. The highest BCUT2D eigenvalue weighted by atomic mass is 16.5. The summed E-state index contributed by atoms with van der Waals surface area (Å²) < 4.78 is 0. The van der Waals surface area contributed by atoms with Crippen LogP contribution in [-0.4, -0.2) is 18.3 Å². The minimum Gasteiger partial charge on any atom is -0.289 e. The summed E-state index contributed by atoms with van der Waals surface area (Å²) in [5.41, 5.74) is 1.53. The maximum absolute atomic E-state index is 10.1. The van der Waals surface area contributed by atoms with Gasteiger partial charge in [0.25, 0.3) is 0 Å². The lowest BCUT2D eigenvalue weighted by Gasteiger charge is -1.88. The highest BCUT2D eigenvalue weighted by Crippen LogP contribution is 1.72. The van der Waals surface area contributed by atoms with Gasteiger partial charge in [-0.3, -0.25) is 10.0 Å². The zero-order valence-corrected chi connectivity index (χ0v) is 4.27. The van der Waals surface area contributed by atoms with Gasteiger partial charge in [0.1, 0.15) is 0 Å². The van der Waals surface area contributed by atoms with Crippen molar-refractivity contribution in [2.45, 2.75) is 13.2 Å². The summed E-state index contributed by atoms with van der Waals surface area (Å²) in [7, 11) is 0.399. The fourth-order valence-corrected chi connectivity index (χ4v) is 0.283. The SMILES string of the molecule is CCBC(=O)NO. The number of rotatable bonds is 2. The van der Waals surface area contributed by atoms with E-state index >= 15 is 0 Å². The van der Waals surface area contributed by atoms with Crippen LogP contribution >= 0.6 is 0 Å². The summed E-state index contributed by atoms with van der Waals surface area (Å²) in [6.45, 7) is 1.87. The standard InChI is InChI=1S/C3H8BNO2/c1-2-4-3(6)5-7/h4,7H,2H2,1H3,(H,5,6). The van der Waals surface area contributed by atoms with Crippen molar-refractivity contribution in [1.82, 2.24) is 5.48 Å². The van der Waals surface area contributed by atoms with Crippen LogP contribution in [0, 0.1) is 0 Å². The highest BCUT2D eigenvalue weighted by Gasteiger charge is 1.95. The van der Waals surface area contributed by atoms with E-state index < -0.39 is 0 Å². The number of amides is 1. The molecule has 0 aromatic carbocycles. The van der Waals surface area contributed by atoms with Crippen LogP contribution in [0.5, 0.6) is 0 Å². The van der Waals surface area contributed by atoms with Gasteiger partial charge in [-0.1, -0.05) is 13.2 Å². The van der Waals surface area contributed by atoms with Crippen LogP contribution < -0.4 is 5.48 Å². The lowest BCUT2D eigenvalue weighted by Crippen LogP contribution is -2.22. The minimum absolute atomic E-state index is 0.317. The maximum atomic E-state index is 10.1. The average molecular weight is 101 g/mol. The van der Waals surface area contributed by atoms with Crippen LogP contribution in [0.15, 0.2) is 0 Å². The van der Waals surface area contributed by atoms with Gasteiger partial charge in [-0.2, -0.15) is 0 Å². The lowest BCUT2D eigenvalue weighted by atomic mass is 9.75. The molecule has 0 spiro atoms. The molecule has 0 aromatic heterocycles. The third-order valence-corrected chi connectivity index (χ3v) is 0.602. The molecule has 0 aliphatic carbocycles. The van der Waals surface area contributed by atoms with Crippen molar-refractivity contribution < 1.29 is 10.0 Å². The van der Waals surface area contributed by atoms with Crippen LogP contribution in [0.4, 0.5) is 4.79 Å². The van der Waals surface area contributed by atoms with Crippen LogP contribution in [0.25, 0.3) is 0 Å². The Morgan fingerprint density at radius 1 is 2.00 bits per heavy atom. The molecule has 4 heteroatoms. The fraction of sp³-hybridized carbons (Fsp3) is 0.667. The lowest BCUT2D eigenvalue weighted by molar-refractivity contribution is 0.179. The van der Waals surface area contributed by atoms with Crippen molar-refractivity contribution in [2.24, 2.45) is 0 Å². The molecular weight excluding hydrogens is 92.8 g/mol. The molecule has 0 fully saturated rings. The third-order valence-electron chi connectivity index (χ3n) is 0.602. The largest absolute Gasteiger partial charge is 0.289 e. The quantitative estimate of drug-likeness (QED) is 0.291. The molecule has 0 atom stereocenters. The predicted octanol–water partition coefficient (Wildman–Crippen LogP) is -0.0401. The number of hydroxylamine groups is 1. The van der Waals surface area contributed by atoms with Crippen LogP contribution in [-0.2, 0) is 0 Å². The van der Waals surface area contributed by atoms with Gasteiger partial charge in [0.15, 0.2) is 5.81 Å². The molecule has 40 valence electrons. The van der Waals surface area contributed by atoms with Gasteiger partial charge in [-0.05, 0) is 0 Å². The molecule has 0 bridgehead atoms. The van der Waals surface area contributed by atoms with Crippen molar-refractivity contribution in [1.29, 1.82) is 0 Å². The Morgan fingerprint density at radius 3 is 2.71 bits per heavy atom. The van der Waals surface area contributed by atoms with E-state index in [0.29, 0.717) is 7.28 Å². The molecule has 3 nitrogen and oxygen atoms in total. The molecule has 0 unspecified atom stereocenters. The number of nitrogens with one attached hydrogen (secondary N) is 1. The van der Waals surface area contributed by atoms with Crippen molar-refractivity contribution in [3.8, 4) is 0 Å². The molecule has 0 aromatic rings. The van der Waals surface area contributed by atoms with E-state index in [1.807, 2.05) is 6.92 Å². The van der Waals surface area contributed by atoms with E-state index in [1.165, 1.54) is 5.48 Å². The highest BCUT2D eigenvalue weighted by molar-refractivity contribution is 6.73. The van der Waals surface area contributed by atoms with E-state index in [2.05, 4.69) is 0 Å². The second-order valence-corrected chi connectivity index (χ2v) is 1.28. The molecule has 7 heavy (non-hydrogen) atoms. The van der Waals surface area contributed by atoms with Crippen LogP contribution in [0.1, 0.15) is 6.92 Å². The monoisotopic (exact) mass is 101 g/mol. The molecule has 0 aliphatic rings. The first-order valence-electron chi connectivity index (χ1n) is 2.24. The average Bonchev–Trinajstić information content (AvgIpc) is 1.68. The normalized spacial score (nSPS) is 7.71. The van der Waals surface area contributed by atoms with Crippen molar-refractivity contribution in [2.75, 3.05) is 0 Å². The Kier molecular flexibility index (Phi) is 3.41. The van der Waals surface area contributed by atoms with Crippen molar-refractivity contribution >= 4 is 13.1 Å². The summed E-state index contributed by atoms with van der Waals surface area (Å²) in [5.74, 6) is -0.317. The van der Waals surface area contributed by atoms with E-state index in [0.717, 1.165) is 6.32 Å². The fourth-order valence-electron chi connectivity index (χ4n) is 0.283. The van der Waals surface area contributed by atoms with Gasteiger partial charge < -0.3 is 0 Å². The molecule has 0 radical (unpaired) electrons. The molecule has 0 heterocycles. The molecule has 0 saturated heterocycles. The maximum Gasteiger partial charge on any atom is 0.236 e. The molecule has 1 amide bonds. The van der Waals surface area contributed by atoms with Crippen LogP contribution in [0.2, 0.25) is 6.32 Å². The summed E-state index contributed by atoms with van der Waals surface area (Å²) in [6, 6.07) is 0. The topological polar surface area (TPSA) is 49.3 Å². The first kappa shape index (κ1) is 6.49. The Bertz CT molecular complexity index is 66.0. The Hall–Kier alpha value is -0.505. The first-order chi connectivity index (χ1) is 3.31. The Labute approximate surface area is 42.9 Å². The number of carbonyl (C=O) groups excluding carboxylic acids is 1. The third kappa shape index (κ3) is 3.32. The Morgan fingerprint density at radius 2 is 2.57 bits per heavy atom. The van der Waals surface area contributed by atoms with Gasteiger partial charge in [0.05, 0.1) is 0 Å². The zero-order chi connectivity index (χ0) is 5.70. The Balaban J connectivity index is 3.00. The molecule has 0 saturated carbocycles. The smallest absolute Gasteiger partial charge is 0.236 e. The summed E-state index contributed by atoms with van der Waals surface area (Å²) >= 11 is 0. The number of hydrogen-bond acceptors (Lipinski definition) is 2. The number of hydrogen-bond donors (Lipinski definition) is 2. The second kappa shape index (κ2) is 3.68.